The van der Waals surface area contributed by atoms with Crippen LogP contribution in [0, 0.1) is 5.41 Å². The summed E-state index contributed by atoms with van der Waals surface area (Å²) in [5.41, 5.74) is 1.27. The van der Waals surface area contributed by atoms with Gasteiger partial charge in [-0.2, -0.15) is 0 Å². The first-order valence-electron chi connectivity index (χ1n) is 5.41. The predicted octanol–water partition coefficient (Wildman–Crippen LogP) is 3.16. The Morgan fingerprint density at radius 1 is 1.00 bits per heavy atom. The number of methoxy groups -OCH3 is 2. The minimum absolute atomic E-state index is 0.246. The van der Waals surface area contributed by atoms with Gasteiger partial charge in [0.15, 0.2) is 0 Å². The van der Waals surface area contributed by atoms with E-state index in [1.54, 1.807) is 14.2 Å². The number of hydrogen-bond acceptors (Lipinski definition) is 3. The van der Waals surface area contributed by atoms with Gasteiger partial charge in [-0.1, -0.05) is 20.8 Å². The molecule has 1 N–H and O–H groups in total. The molecule has 0 spiro atoms. The highest BCUT2D eigenvalue weighted by molar-refractivity contribution is 5.53. The highest BCUT2D eigenvalue weighted by Crippen LogP contribution is 2.26. The molecular weight excluding hydrogens is 202 g/mol. The van der Waals surface area contributed by atoms with Gasteiger partial charge in [0.2, 0.25) is 0 Å². The van der Waals surface area contributed by atoms with Crippen molar-refractivity contribution in [3.05, 3.63) is 18.2 Å². The summed E-state index contributed by atoms with van der Waals surface area (Å²) in [5, 5.41) is 3.37. The molecule has 0 bridgehead atoms. The molecule has 0 fully saturated rings. The maximum absolute atomic E-state index is 5.21. The molecule has 3 heteroatoms. The first-order chi connectivity index (χ1) is 7.44. The first-order valence-corrected chi connectivity index (χ1v) is 5.41. The van der Waals surface area contributed by atoms with E-state index in [0.717, 1.165) is 23.7 Å². The molecule has 1 rings (SSSR count). The predicted molar refractivity (Wildman–Crippen MR) is 67.5 cm³/mol. The Hall–Kier alpha value is -1.38. The van der Waals surface area contributed by atoms with Crippen LogP contribution in [0.1, 0.15) is 20.8 Å². The lowest BCUT2D eigenvalue weighted by Crippen LogP contribution is -2.18. The second-order valence-electron chi connectivity index (χ2n) is 5.02. The van der Waals surface area contributed by atoms with E-state index in [1.807, 2.05) is 18.2 Å². The highest BCUT2D eigenvalue weighted by Gasteiger charge is 2.10. The SMILES string of the molecule is COc1cc(NCC(C)(C)C)cc(OC)c1. The lowest BCUT2D eigenvalue weighted by Gasteiger charge is -2.20. The average Bonchev–Trinajstić information content (AvgIpc) is 2.25. The van der Waals surface area contributed by atoms with Crippen molar-refractivity contribution in [2.24, 2.45) is 5.41 Å². The fourth-order valence-corrected chi connectivity index (χ4v) is 1.28. The normalized spacial score (nSPS) is 11.1. The summed E-state index contributed by atoms with van der Waals surface area (Å²) in [4.78, 5) is 0. The Morgan fingerprint density at radius 2 is 1.50 bits per heavy atom. The second-order valence-corrected chi connectivity index (χ2v) is 5.02. The van der Waals surface area contributed by atoms with Crippen LogP contribution in [0.5, 0.6) is 11.5 Å². The number of hydrogen-bond donors (Lipinski definition) is 1. The lowest BCUT2D eigenvalue weighted by atomic mass is 9.97. The largest absolute Gasteiger partial charge is 0.497 e. The van der Waals surface area contributed by atoms with Crippen LogP contribution >= 0.6 is 0 Å². The fourth-order valence-electron chi connectivity index (χ4n) is 1.28. The third-order valence-electron chi connectivity index (χ3n) is 2.17. The molecular formula is C13H21NO2. The number of benzene rings is 1. The average molecular weight is 223 g/mol. The molecule has 0 saturated heterocycles. The van der Waals surface area contributed by atoms with Crippen LogP contribution < -0.4 is 14.8 Å². The molecule has 3 nitrogen and oxygen atoms in total. The van der Waals surface area contributed by atoms with Crippen molar-refractivity contribution >= 4 is 5.69 Å². The van der Waals surface area contributed by atoms with Crippen LogP contribution in [0.2, 0.25) is 0 Å². The van der Waals surface area contributed by atoms with E-state index in [4.69, 9.17) is 9.47 Å². The summed E-state index contributed by atoms with van der Waals surface area (Å²) in [5.74, 6) is 1.60. The van der Waals surface area contributed by atoms with Crippen LogP contribution in [0.4, 0.5) is 5.69 Å². The minimum atomic E-state index is 0.246. The summed E-state index contributed by atoms with van der Waals surface area (Å²) in [6.45, 7) is 7.48. The lowest BCUT2D eigenvalue weighted by molar-refractivity contribution is 0.394. The third-order valence-corrected chi connectivity index (χ3v) is 2.17. The van der Waals surface area contributed by atoms with E-state index in [1.165, 1.54) is 0 Å². The van der Waals surface area contributed by atoms with Gasteiger partial charge in [-0.3, -0.25) is 0 Å². The Bertz CT molecular complexity index is 320. The maximum atomic E-state index is 5.21. The summed E-state index contributed by atoms with van der Waals surface area (Å²) >= 11 is 0. The molecule has 0 aliphatic rings. The van der Waals surface area contributed by atoms with Gasteiger partial charge in [-0.15, -0.1) is 0 Å². The molecule has 0 aromatic heterocycles. The van der Waals surface area contributed by atoms with Crippen LogP contribution in [-0.2, 0) is 0 Å². The van der Waals surface area contributed by atoms with Crippen LogP contribution in [0.3, 0.4) is 0 Å². The molecule has 0 saturated carbocycles. The minimum Gasteiger partial charge on any atom is -0.497 e. The van der Waals surface area contributed by atoms with Crippen LogP contribution in [-0.4, -0.2) is 20.8 Å². The molecule has 0 unspecified atom stereocenters. The quantitative estimate of drug-likeness (QED) is 0.850. The molecule has 0 atom stereocenters. The van der Waals surface area contributed by atoms with Crippen molar-refractivity contribution in [1.82, 2.24) is 0 Å². The van der Waals surface area contributed by atoms with E-state index in [-0.39, 0.29) is 5.41 Å². The number of ether oxygens (including phenoxy) is 2. The van der Waals surface area contributed by atoms with Crippen LogP contribution in [0.15, 0.2) is 18.2 Å². The van der Waals surface area contributed by atoms with Crippen molar-refractivity contribution in [2.75, 3.05) is 26.1 Å². The topological polar surface area (TPSA) is 30.5 Å². The molecule has 0 aliphatic heterocycles. The summed E-state index contributed by atoms with van der Waals surface area (Å²) in [7, 11) is 3.31. The first kappa shape index (κ1) is 12.7. The zero-order chi connectivity index (χ0) is 12.2. The number of rotatable bonds is 4. The highest BCUT2D eigenvalue weighted by atomic mass is 16.5. The van der Waals surface area contributed by atoms with E-state index < -0.39 is 0 Å². The van der Waals surface area contributed by atoms with E-state index in [0.29, 0.717) is 0 Å². The molecule has 1 aromatic carbocycles. The summed E-state index contributed by atoms with van der Waals surface area (Å²) in [6.07, 6.45) is 0. The zero-order valence-electron chi connectivity index (χ0n) is 10.8. The van der Waals surface area contributed by atoms with Gasteiger partial charge in [0.25, 0.3) is 0 Å². The molecule has 0 aliphatic carbocycles. The Morgan fingerprint density at radius 3 is 1.88 bits per heavy atom. The van der Waals surface area contributed by atoms with Crippen molar-refractivity contribution in [3.63, 3.8) is 0 Å². The fraction of sp³-hybridized carbons (Fsp3) is 0.538. The van der Waals surface area contributed by atoms with E-state index in [2.05, 4.69) is 26.1 Å². The van der Waals surface area contributed by atoms with Gasteiger partial charge in [0.05, 0.1) is 14.2 Å². The van der Waals surface area contributed by atoms with Gasteiger partial charge in [-0.05, 0) is 5.41 Å². The molecule has 0 radical (unpaired) electrons. The molecule has 16 heavy (non-hydrogen) atoms. The number of anilines is 1. The van der Waals surface area contributed by atoms with Gasteiger partial charge >= 0.3 is 0 Å². The van der Waals surface area contributed by atoms with Crippen molar-refractivity contribution in [3.8, 4) is 11.5 Å². The third kappa shape index (κ3) is 4.01. The smallest absolute Gasteiger partial charge is 0.124 e. The Kier molecular flexibility index (Phi) is 4.05. The van der Waals surface area contributed by atoms with Crippen molar-refractivity contribution in [2.45, 2.75) is 20.8 Å². The van der Waals surface area contributed by atoms with E-state index >= 15 is 0 Å². The van der Waals surface area contributed by atoms with E-state index in [9.17, 15) is 0 Å². The monoisotopic (exact) mass is 223 g/mol. The van der Waals surface area contributed by atoms with Gasteiger partial charge in [-0.25, -0.2) is 0 Å². The van der Waals surface area contributed by atoms with Crippen molar-refractivity contribution < 1.29 is 9.47 Å². The summed E-state index contributed by atoms with van der Waals surface area (Å²) < 4.78 is 10.4. The Labute approximate surface area is 97.8 Å². The zero-order valence-corrected chi connectivity index (χ0v) is 10.8. The summed E-state index contributed by atoms with van der Waals surface area (Å²) in [6, 6.07) is 5.80. The standard InChI is InChI=1S/C13H21NO2/c1-13(2,3)9-14-10-6-11(15-4)8-12(7-10)16-5/h6-8,14H,9H2,1-5H3. The van der Waals surface area contributed by atoms with Gasteiger partial charge in [0, 0.05) is 30.4 Å². The Balaban J connectivity index is 2.79. The number of nitrogens with one attached hydrogen (secondary N) is 1. The maximum Gasteiger partial charge on any atom is 0.124 e. The van der Waals surface area contributed by atoms with Crippen molar-refractivity contribution in [1.29, 1.82) is 0 Å². The van der Waals surface area contributed by atoms with Gasteiger partial charge < -0.3 is 14.8 Å². The second kappa shape index (κ2) is 5.10. The molecule has 0 heterocycles. The molecule has 1 aromatic rings. The van der Waals surface area contributed by atoms with Gasteiger partial charge in [0.1, 0.15) is 11.5 Å². The molecule has 0 amide bonds. The molecule has 90 valence electrons. The van der Waals surface area contributed by atoms with Crippen LogP contribution in [0.25, 0.3) is 0 Å².